The maximum atomic E-state index is 14.0. The molecule has 4 rings (SSSR count). The zero-order valence-corrected chi connectivity index (χ0v) is 22.2. The van der Waals surface area contributed by atoms with Crippen LogP contribution < -0.4 is 14.4 Å². The smallest absolute Gasteiger partial charge is 0.244 e. The maximum absolute atomic E-state index is 14.0. The molecule has 0 atom stereocenters. The van der Waals surface area contributed by atoms with Gasteiger partial charge in [0.1, 0.15) is 6.54 Å². The normalized spacial score (nSPS) is 17.3. The zero-order chi connectivity index (χ0) is 24.6. The summed E-state index contributed by atoms with van der Waals surface area (Å²) in [4.78, 5) is 1.93. The van der Waals surface area contributed by atoms with Gasteiger partial charge < -0.3 is 14.4 Å². The van der Waals surface area contributed by atoms with E-state index in [1.165, 1.54) is 16.0 Å². The molecular formula is C27H39N2O4S+. The quantitative estimate of drug-likeness (QED) is 0.644. The molecule has 0 unspecified atom stereocenters. The molecule has 2 aliphatic heterocycles. The minimum atomic E-state index is -3.58. The largest absolute Gasteiger partial charge is 0.454 e. The second kappa shape index (κ2) is 9.88. The maximum Gasteiger partial charge on any atom is 0.244 e. The number of sulfonamides is 1. The van der Waals surface area contributed by atoms with Gasteiger partial charge in [-0.25, -0.2) is 8.42 Å². The van der Waals surface area contributed by atoms with E-state index in [4.69, 9.17) is 9.47 Å². The Bertz CT molecular complexity index is 1100. The topological polar surface area (TPSA) is 60.3 Å². The molecule has 0 amide bonds. The van der Waals surface area contributed by atoms with Crippen LogP contribution in [0, 0.1) is 0 Å². The number of hydrogen-bond donors (Lipinski definition) is 1. The highest BCUT2D eigenvalue weighted by molar-refractivity contribution is 7.89. The standard InChI is InChI=1S/C27H38N2O4S/c1-18(2)22-14-23(19(3)4)27(24(15-22)20(5)6)34(30,31)29-11-9-28(10-12-29)16-21-7-8-25-26(13-21)33-17-32-25/h7-8,13-15,18-20H,9-12,16-17H2,1-6H3/p+1. The van der Waals surface area contributed by atoms with Gasteiger partial charge in [-0.05, 0) is 52.6 Å². The van der Waals surface area contributed by atoms with Crippen molar-refractivity contribution in [3.63, 3.8) is 0 Å². The third kappa shape index (κ3) is 4.97. The summed E-state index contributed by atoms with van der Waals surface area (Å²) in [5, 5.41) is 0. The van der Waals surface area contributed by atoms with E-state index in [1.54, 1.807) is 4.31 Å². The molecule has 0 saturated carbocycles. The van der Waals surface area contributed by atoms with Crippen LogP contribution in [0.5, 0.6) is 11.5 Å². The molecule has 1 saturated heterocycles. The highest BCUT2D eigenvalue weighted by atomic mass is 32.2. The SMILES string of the molecule is CC(C)c1cc(C(C)C)c(S(=O)(=O)N2CC[NH+](Cc3ccc4c(c3)OCO4)CC2)c(C(C)C)c1. The molecule has 186 valence electrons. The third-order valence-electron chi connectivity index (χ3n) is 7.00. The highest BCUT2D eigenvalue weighted by Gasteiger charge is 2.35. The lowest BCUT2D eigenvalue weighted by Crippen LogP contribution is -3.13. The summed E-state index contributed by atoms with van der Waals surface area (Å²) in [6.45, 7) is 16.5. The monoisotopic (exact) mass is 487 g/mol. The van der Waals surface area contributed by atoms with E-state index in [-0.39, 0.29) is 18.6 Å². The summed E-state index contributed by atoms with van der Waals surface area (Å²) >= 11 is 0. The molecule has 0 bridgehead atoms. The second-order valence-electron chi connectivity index (χ2n) is 10.5. The van der Waals surface area contributed by atoms with Gasteiger partial charge in [0, 0.05) is 5.56 Å². The fourth-order valence-electron chi connectivity index (χ4n) is 4.88. The number of rotatable bonds is 7. The van der Waals surface area contributed by atoms with Gasteiger partial charge in [0.2, 0.25) is 16.8 Å². The average molecular weight is 488 g/mol. The first-order valence-corrected chi connectivity index (χ1v) is 13.9. The fraction of sp³-hybridized carbons (Fsp3) is 0.556. The fourth-order valence-corrected chi connectivity index (χ4v) is 6.98. The van der Waals surface area contributed by atoms with Crippen molar-refractivity contribution >= 4 is 10.0 Å². The summed E-state index contributed by atoms with van der Waals surface area (Å²) in [6, 6.07) is 10.3. The molecule has 1 fully saturated rings. The Kier molecular flexibility index (Phi) is 7.27. The lowest BCUT2D eigenvalue weighted by molar-refractivity contribution is -0.917. The minimum absolute atomic E-state index is 0.138. The van der Waals surface area contributed by atoms with Crippen LogP contribution >= 0.6 is 0 Å². The number of ether oxygens (including phenoxy) is 2. The van der Waals surface area contributed by atoms with Crippen molar-refractivity contribution in [3.8, 4) is 11.5 Å². The lowest BCUT2D eigenvalue weighted by Gasteiger charge is -2.33. The number of nitrogens with zero attached hydrogens (tertiary/aromatic N) is 1. The van der Waals surface area contributed by atoms with Crippen molar-refractivity contribution in [2.75, 3.05) is 33.0 Å². The zero-order valence-electron chi connectivity index (χ0n) is 21.3. The van der Waals surface area contributed by atoms with E-state index in [2.05, 4.69) is 59.7 Å². The Morgan fingerprint density at radius 1 is 0.853 bits per heavy atom. The molecule has 2 aliphatic rings. The van der Waals surface area contributed by atoms with E-state index in [1.807, 2.05) is 12.1 Å². The van der Waals surface area contributed by atoms with E-state index >= 15 is 0 Å². The molecular weight excluding hydrogens is 448 g/mol. The Morgan fingerprint density at radius 3 is 2.00 bits per heavy atom. The Morgan fingerprint density at radius 2 is 1.44 bits per heavy atom. The number of nitrogens with one attached hydrogen (secondary N) is 1. The van der Waals surface area contributed by atoms with Gasteiger partial charge in [0.25, 0.3) is 0 Å². The van der Waals surface area contributed by atoms with Crippen molar-refractivity contribution in [1.29, 1.82) is 0 Å². The number of fused-ring (bicyclic) bond motifs is 1. The van der Waals surface area contributed by atoms with Gasteiger partial charge >= 0.3 is 0 Å². The molecule has 0 aliphatic carbocycles. The molecule has 6 nitrogen and oxygen atoms in total. The van der Waals surface area contributed by atoms with Crippen LogP contribution in [0.1, 0.15) is 81.5 Å². The van der Waals surface area contributed by atoms with Crippen LogP contribution in [0.2, 0.25) is 0 Å². The van der Waals surface area contributed by atoms with Crippen molar-refractivity contribution in [3.05, 3.63) is 52.6 Å². The molecule has 2 aromatic rings. The highest BCUT2D eigenvalue weighted by Crippen LogP contribution is 2.37. The number of quaternary nitrogens is 1. The summed E-state index contributed by atoms with van der Waals surface area (Å²) in [7, 11) is -3.58. The lowest BCUT2D eigenvalue weighted by atomic mass is 9.89. The molecule has 7 heteroatoms. The summed E-state index contributed by atoms with van der Waals surface area (Å²) in [6.07, 6.45) is 0. The molecule has 1 N–H and O–H groups in total. The van der Waals surface area contributed by atoms with Crippen molar-refractivity contribution in [2.24, 2.45) is 0 Å². The second-order valence-corrected chi connectivity index (χ2v) is 12.4. The first-order valence-electron chi connectivity index (χ1n) is 12.5. The van der Waals surface area contributed by atoms with Gasteiger partial charge in [0.05, 0.1) is 31.1 Å². The molecule has 0 spiro atoms. The van der Waals surface area contributed by atoms with Crippen LogP contribution in [0.4, 0.5) is 0 Å². The minimum Gasteiger partial charge on any atom is -0.454 e. The molecule has 2 heterocycles. The first-order chi connectivity index (χ1) is 16.1. The van der Waals surface area contributed by atoms with E-state index in [0.717, 1.165) is 42.3 Å². The van der Waals surface area contributed by atoms with Crippen molar-refractivity contribution in [2.45, 2.75) is 70.7 Å². The third-order valence-corrected chi connectivity index (χ3v) is 9.03. The first kappa shape index (κ1) is 25.0. The number of hydrogen-bond acceptors (Lipinski definition) is 4. The number of benzene rings is 2. The molecule has 0 aromatic heterocycles. The van der Waals surface area contributed by atoms with Crippen LogP contribution in [0.25, 0.3) is 0 Å². The molecule has 0 radical (unpaired) electrons. The Balaban J connectivity index is 1.55. The van der Waals surface area contributed by atoms with Gasteiger partial charge in [-0.15, -0.1) is 0 Å². The van der Waals surface area contributed by atoms with Crippen LogP contribution in [-0.2, 0) is 16.6 Å². The van der Waals surface area contributed by atoms with Crippen LogP contribution in [-0.4, -0.2) is 45.7 Å². The summed E-state index contributed by atoms with van der Waals surface area (Å²) in [5.74, 6) is 2.22. The molecule has 2 aromatic carbocycles. The van der Waals surface area contributed by atoms with Crippen molar-refractivity contribution < 1.29 is 22.8 Å². The predicted octanol–water partition coefficient (Wildman–Crippen LogP) is 3.87. The molecule has 34 heavy (non-hydrogen) atoms. The average Bonchev–Trinajstić information content (AvgIpc) is 3.26. The van der Waals surface area contributed by atoms with Gasteiger partial charge in [-0.1, -0.05) is 53.7 Å². The number of piperazine rings is 1. The van der Waals surface area contributed by atoms with Gasteiger partial charge in [0.15, 0.2) is 11.5 Å². The van der Waals surface area contributed by atoms with Crippen molar-refractivity contribution in [1.82, 2.24) is 4.31 Å². The Labute approximate surface area is 204 Å². The Hall–Kier alpha value is -2.09. The van der Waals surface area contributed by atoms with E-state index in [9.17, 15) is 8.42 Å². The van der Waals surface area contributed by atoms with E-state index < -0.39 is 10.0 Å². The van der Waals surface area contributed by atoms with Gasteiger partial charge in [-0.3, -0.25) is 0 Å². The predicted molar refractivity (Wildman–Crippen MR) is 134 cm³/mol. The van der Waals surface area contributed by atoms with E-state index in [0.29, 0.717) is 23.9 Å². The summed E-state index contributed by atoms with van der Waals surface area (Å²) in [5.41, 5.74) is 4.29. The van der Waals surface area contributed by atoms with Crippen LogP contribution in [0.3, 0.4) is 0 Å². The van der Waals surface area contributed by atoms with Gasteiger partial charge in [-0.2, -0.15) is 4.31 Å². The van der Waals surface area contributed by atoms with Crippen LogP contribution in [0.15, 0.2) is 35.2 Å². The summed E-state index contributed by atoms with van der Waals surface area (Å²) < 4.78 is 40.6.